The Morgan fingerprint density at radius 3 is 2.06 bits per heavy atom. The summed E-state index contributed by atoms with van der Waals surface area (Å²) >= 11 is 0. The largest absolute Gasteiger partial charge is 0.357 e. The molecule has 12 nitrogen and oxygen atoms in total. The molecule has 0 aromatic carbocycles. The number of nitrogens with two attached hydrogens (primary N) is 1. The molecule has 0 fully saturated rings. The maximum atomic E-state index is 6.07. The predicted octanol–water partition coefficient (Wildman–Crippen LogP) is 1.08. The summed E-state index contributed by atoms with van der Waals surface area (Å²) in [6.07, 6.45) is 0. The van der Waals surface area contributed by atoms with Crippen LogP contribution < -0.4 is 5.84 Å². The molecule has 0 aliphatic carbocycles. The van der Waals surface area contributed by atoms with Crippen LogP contribution in [0.4, 0.5) is 0 Å². The van der Waals surface area contributed by atoms with Gasteiger partial charge in [0.05, 0.1) is 0 Å². The summed E-state index contributed by atoms with van der Waals surface area (Å²) in [6, 6.07) is 0. The molecule has 0 aromatic heterocycles. The smallest absolute Gasteiger partial charge is 0.166 e. The van der Waals surface area contributed by atoms with Gasteiger partial charge in [-0.2, -0.15) is 10.6 Å². The monoisotopic (exact) mass is 234 g/mol. The second-order valence-corrected chi connectivity index (χ2v) is 2.01. The molecule has 0 amide bonds. The number of nitrogens with one attached hydrogen (secondary N) is 1. The fraction of sp³-hybridized carbons (Fsp3) is 1.00. The maximum Gasteiger partial charge on any atom is 0.166 e. The third-order valence-corrected chi connectivity index (χ3v) is 0.685. The zero-order valence-corrected chi connectivity index (χ0v) is 9.18. The quantitative estimate of drug-likeness (QED) is 0.304. The summed E-state index contributed by atoms with van der Waals surface area (Å²) in [5, 5.41) is 21.0. The van der Waals surface area contributed by atoms with Gasteiger partial charge in [0.15, 0.2) is 6.79 Å². The van der Waals surface area contributed by atoms with Gasteiger partial charge in [0, 0.05) is 21.2 Å². The van der Waals surface area contributed by atoms with Crippen LogP contribution >= 0.6 is 0 Å². The van der Waals surface area contributed by atoms with Crippen LogP contribution in [0.2, 0.25) is 0 Å². The Bertz CT molecular complexity index is 225. The van der Waals surface area contributed by atoms with Crippen molar-refractivity contribution in [1.29, 1.82) is 5.53 Å². The Morgan fingerprint density at radius 1 is 1.12 bits per heavy atom. The number of methoxy groups -OCH3 is 1. The zero-order chi connectivity index (χ0) is 12.6. The number of hydroxylamine groups is 2. The Labute approximate surface area is 91.6 Å². The van der Waals surface area contributed by atoms with Crippen molar-refractivity contribution >= 4 is 0 Å². The Morgan fingerprint density at radius 2 is 1.69 bits per heavy atom. The molecular formula is C4H14N10O2. The normalized spacial score (nSPS) is 11.2. The lowest BCUT2D eigenvalue weighted by Crippen LogP contribution is -2.13. The highest BCUT2D eigenvalue weighted by atomic mass is 16.8. The van der Waals surface area contributed by atoms with Crippen molar-refractivity contribution in [2.45, 2.75) is 0 Å². The number of hydrogen-bond acceptors (Lipinski definition) is 5. The molecule has 0 radical (unpaired) electrons. The summed E-state index contributed by atoms with van der Waals surface area (Å²) in [4.78, 5) is 4.80. The molecule has 16 heavy (non-hydrogen) atoms. The molecule has 3 N–H and O–H groups in total. The standard InChI is InChI=1S/C4H11NO2.H3N9/c1-5(2)7-4-6-3;1-3-5-7-9-8-6-4-2/h4H2,1-3H3;(H3,1,2,5,6,9). The SMILES string of the molecule is COCON(C)C.N=N/N=N/N=N/N=N/N. The molecule has 0 saturated carbocycles. The lowest BCUT2D eigenvalue weighted by atomic mass is 11.2. The molecule has 0 bridgehead atoms. The van der Waals surface area contributed by atoms with Crippen LogP contribution in [0.1, 0.15) is 0 Å². The molecule has 12 heteroatoms. The summed E-state index contributed by atoms with van der Waals surface area (Å²) in [7, 11) is 5.20. The Hall–Kier alpha value is -1.92. The van der Waals surface area contributed by atoms with Crippen molar-refractivity contribution in [3.05, 3.63) is 0 Å². The number of hydrogen-bond donors (Lipinski definition) is 2. The molecule has 0 rings (SSSR count). The van der Waals surface area contributed by atoms with Crippen LogP contribution in [0.5, 0.6) is 0 Å². The van der Waals surface area contributed by atoms with Gasteiger partial charge in [-0.15, -0.1) is 0 Å². The van der Waals surface area contributed by atoms with Crippen molar-refractivity contribution in [2.24, 2.45) is 42.4 Å². The fourth-order valence-electron chi connectivity index (χ4n) is 0.255. The minimum atomic E-state index is 0.326. The number of nitrogens with zero attached hydrogens (tertiary/aromatic N) is 8. The summed E-state index contributed by atoms with van der Waals surface area (Å²) in [5.74, 6) is 4.52. The van der Waals surface area contributed by atoms with Crippen LogP contribution in [0.25, 0.3) is 0 Å². The van der Waals surface area contributed by atoms with E-state index in [4.69, 9.17) is 10.4 Å². The van der Waals surface area contributed by atoms with Crippen LogP contribution in [0.15, 0.2) is 36.6 Å². The predicted molar refractivity (Wildman–Crippen MR) is 50.6 cm³/mol. The highest BCUT2D eigenvalue weighted by molar-refractivity contribution is 4.05. The summed E-state index contributed by atoms with van der Waals surface area (Å²) in [6.45, 7) is 0.326. The van der Waals surface area contributed by atoms with Gasteiger partial charge >= 0.3 is 0 Å². The molecule has 0 unspecified atom stereocenters. The minimum Gasteiger partial charge on any atom is -0.357 e. The molecule has 0 aromatic rings. The fourth-order valence-corrected chi connectivity index (χ4v) is 0.255. The van der Waals surface area contributed by atoms with Crippen LogP contribution in [-0.4, -0.2) is 33.1 Å². The minimum absolute atomic E-state index is 0.326. The van der Waals surface area contributed by atoms with E-state index in [1.807, 2.05) is 0 Å². The Balaban J connectivity index is 0. The molecule has 0 aliphatic rings. The van der Waals surface area contributed by atoms with Gasteiger partial charge in [0.2, 0.25) is 0 Å². The molecular weight excluding hydrogens is 220 g/mol. The van der Waals surface area contributed by atoms with Crippen LogP contribution in [0, 0.1) is 5.53 Å². The van der Waals surface area contributed by atoms with Crippen LogP contribution in [-0.2, 0) is 9.57 Å². The van der Waals surface area contributed by atoms with Crippen molar-refractivity contribution in [3.63, 3.8) is 0 Å². The summed E-state index contributed by atoms with van der Waals surface area (Å²) in [5.41, 5.74) is 6.07. The number of rotatable bonds is 6. The zero-order valence-electron chi connectivity index (χ0n) is 9.18. The first-order valence-corrected chi connectivity index (χ1v) is 3.74. The number of ether oxygens (including phenoxy) is 1. The third kappa shape index (κ3) is 22.7. The van der Waals surface area contributed by atoms with E-state index in [9.17, 15) is 0 Å². The van der Waals surface area contributed by atoms with E-state index in [-0.39, 0.29) is 0 Å². The van der Waals surface area contributed by atoms with E-state index in [0.717, 1.165) is 0 Å². The molecule has 0 atom stereocenters. The van der Waals surface area contributed by atoms with Crippen LogP contribution in [0.3, 0.4) is 0 Å². The maximum absolute atomic E-state index is 6.07. The van der Waals surface area contributed by atoms with Gasteiger partial charge in [-0.3, -0.25) is 4.84 Å². The van der Waals surface area contributed by atoms with Gasteiger partial charge in [0.25, 0.3) is 0 Å². The van der Waals surface area contributed by atoms with Gasteiger partial charge < -0.3 is 10.6 Å². The topological polar surface area (TPSA) is 158 Å². The second-order valence-electron chi connectivity index (χ2n) is 2.01. The first kappa shape index (κ1) is 16.5. The van der Waals surface area contributed by atoms with E-state index in [1.165, 1.54) is 0 Å². The summed E-state index contributed by atoms with van der Waals surface area (Å²) < 4.78 is 4.59. The molecule has 0 heterocycles. The first-order valence-electron chi connectivity index (χ1n) is 3.74. The molecule has 92 valence electrons. The van der Waals surface area contributed by atoms with Crippen molar-refractivity contribution in [2.75, 3.05) is 28.0 Å². The molecule has 0 spiro atoms. The lowest BCUT2D eigenvalue weighted by Gasteiger charge is -2.07. The van der Waals surface area contributed by atoms with Crippen molar-refractivity contribution < 1.29 is 9.57 Å². The average Bonchev–Trinajstić information content (AvgIpc) is 2.27. The van der Waals surface area contributed by atoms with Gasteiger partial charge in [0.1, 0.15) is 0 Å². The van der Waals surface area contributed by atoms with Gasteiger partial charge in [-0.25, -0.2) is 0 Å². The highest BCUT2D eigenvalue weighted by Crippen LogP contribution is 1.80. The van der Waals surface area contributed by atoms with E-state index in [2.05, 4.69) is 47.1 Å². The van der Waals surface area contributed by atoms with E-state index < -0.39 is 0 Å². The van der Waals surface area contributed by atoms with E-state index >= 15 is 0 Å². The highest BCUT2D eigenvalue weighted by Gasteiger charge is 1.82. The van der Waals surface area contributed by atoms with Gasteiger partial charge in [-0.1, -0.05) is 5.22 Å². The van der Waals surface area contributed by atoms with E-state index in [0.29, 0.717) is 6.79 Å². The average molecular weight is 234 g/mol. The van der Waals surface area contributed by atoms with Gasteiger partial charge in [-0.05, 0) is 31.3 Å². The Kier molecular flexibility index (Phi) is 16.0. The lowest BCUT2D eigenvalue weighted by molar-refractivity contribution is -0.189. The molecule has 0 saturated heterocycles. The second kappa shape index (κ2) is 15.5. The molecule has 0 aliphatic heterocycles. The van der Waals surface area contributed by atoms with Crippen molar-refractivity contribution in [3.8, 4) is 0 Å². The van der Waals surface area contributed by atoms with E-state index in [1.54, 1.807) is 26.3 Å². The van der Waals surface area contributed by atoms with Crippen molar-refractivity contribution in [1.82, 2.24) is 5.06 Å². The third-order valence-electron chi connectivity index (χ3n) is 0.685. The first-order chi connectivity index (χ1) is 7.68.